The largest absolute Gasteiger partial charge is 0.320 e. The SMILES string of the molecule is CC1NC(c2ccsc2)N(CC2(N(C)C)CCCC2)C1=O. The molecule has 1 aliphatic heterocycles. The van der Waals surface area contributed by atoms with Crippen LogP contribution in [-0.4, -0.2) is 47.9 Å². The molecule has 1 amide bonds. The summed E-state index contributed by atoms with van der Waals surface area (Å²) < 4.78 is 0. The molecule has 2 fully saturated rings. The molecule has 0 bridgehead atoms. The number of nitrogens with one attached hydrogen (secondary N) is 1. The van der Waals surface area contributed by atoms with Crippen LogP contribution in [0.15, 0.2) is 16.8 Å². The molecule has 4 nitrogen and oxygen atoms in total. The van der Waals surface area contributed by atoms with Gasteiger partial charge in [0.05, 0.1) is 6.04 Å². The van der Waals surface area contributed by atoms with E-state index in [0.717, 1.165) is 6.54 Å². The van der Waals surface area contributed by atoms with Crippen molar-refractivity contribution in [1.29, 1.82) is 0 Å². The fourth-order valence-electron chi connectivity index (χ4n) is 3.75. The predicted molar refractivity (Wildman–Crippen MR) is 86.3 cm³/mol. The number of thiophene rings is 1. The van der Waals surface area contributed by atoms with Crippen LogP contribution in [-0.2, 0) is 4.79 Å². The Morgan fingerprint density at radius 1 is 1.43 bits per heavy atom. The molecule has 0 aromatic carbocycles. The van der Waals surface area contributed by atoms with Gasteiger partial charge in [0.2, 0.25) is 5.91 Å². The summed E-state index contributed by atoms with van der Waals surface area (Å²) in [4.78, 5) is 17.0. The molecular weight excluding hydrogens is 282 g/mol. The van der Waals surface area contributed by atoms with Crippen molar-refractivity contribution in [3.63, 3.8) is 0 Å². The van der Waals surface area contributed by atoms with E-state index >= 15 is 0 Å². The van der Waals surface area contributed by atoms with Gasteiger partial charge in [-0.25, -0.2) is 0 Å². The summed E-state index contributed by atoms with van der Waals surface area (Å²) in [6.45, 7) is 2.80. The highest BCUT2D eigenvalue weighted by Gasteiger charge is 2.44. The maximum absolute atomic E-state index is 12.6. The van der Waals surface area contributed by atoms with Gasteiger partial charge in [0.25, 0.3) is 0 Å². The number of nitrogens with zero attached hydrogens (tertiary/aromatic N) is 2. The Morgan fingerprint density at radius 2 is 2.14 bits per heavy atom. The van der Waals surface area contributed by atoms with E-state index in [4.69, 9.17) is 0 Å². The maximum Gasteiger partial charge on any atom is 0.241 e. The first-order chi connectivity index (χ1) is 10.0. The second-order valence-electron chi connectivity index (χ2n) is 6.64. The van der Waals surface area contributed by atoms with E-state index in [1.807, 2.05) is 6.92 Å². The van der Waals surface area contributed by atoms with Crippen LogP contribution in [0.1, 0.15) is 44.3 Å². The number of likely N-dealkylation sites (N-methyl/N-ethyl adjacent to an activating group) is 1. The highest BCUT2D eigenvalue weighted by molar-refractivity contribution is 7.07. The van der Waals surface area contributed by atoms with Crippen molar-refractivity contribution in [2.75, 3.05) is 20.6 Å². The van der Waals surface area contributed by atoms with Gasteiger partial charge in [0.1, 0.15) is 6.17 Å². The van der Waals surface area contributed by atoms with Crippen molar-refractivity contribution in [1.82, 2.24) is 15.1 Å². The summed E-state index contributed by atoms with van der Waals surface area (Å²) in [7, 11) is 4.31. The minimum Gasteiger partial charge on any atom is -0.320 e. The smallest absolute Gasteiger partial charge is 0.241 e. The molecule has 2 unspecified atom stereocenters. The molecule has 1 aromatic rings. The Hall–Kier alpha value is -0.910. The van der Waals surface area contributed by atoms with Gasteiger partial charge >= 0.3 is 0 Å². The van der Waals surface area contributed by atoms with Crippen molar-refractivity contribution < 1.29 is 4.79 Å². The lowest BCUT2D eigenvalue weighted by Crippen LogP contribution is -2.52. The highest BCUT2D eigenvalue weighted by atomic mass is 32.1. The normalized spacial score (nSPS) is 28.8. The number of hydrogen-bond donors (Lipinski definition) is 1. The molecule has 0 spiro atoms. The van der Waals surface area contributed by atoms with Crippen molar-refractivity contribution in [2.45, 2.75) is 50.4 Å². The predicted octanol–water partition coefficient (Wildman–Crippen LogP) is 2.44. The van der Waals surface area contributed by atoms with E-state index < -0.39 is 0 Å². The van der Waals surface area contributed by atoms with E-state index in [-0.39, 0.29) is 23.7 Å². The molecule has 0 radical (unpaired) electrons. The Labute approximate surface area is 131 Å². The van der Waals surface area contributed by atoms with Crippen LogP contribution in [0.5, 0.6) is 0 Å². The first-order valence-electron chi connectivity index (χ1n) is 7.79. The molecular formula is C16H25N3OS. The van der Waals surface area contributed by atoms with E-state index in [9.17, 15) is 4.79 Å². The first kappa shape index (κ1) is 15.0. The van der Waals surface area contributed by atoms with Gasteiger partial charge < -0.3 is 9.80 Å². The standard InChI is InChI=1S/C16H25N3OS/c1-12-15(20)19(14(17-12)13-6-9-21-10-13)11-16(18(2)3)7-4-5-8-16/h6,9-10,12,14,17H,4-5,7-8,11H2,1-3H3. The number of carbonyl (C=O) groups is 1. The van der Waals surface area contributed by atoms with Crippen LogP contribution in [0.4, 0.5) is 0 Å². The van der Waals surface area contributed by atoms with E-state index in [1.165, 1.54) is 31.2 Å². The van der Waals surface area contributed by atoms with Crippen molar-refractivity contribution >= 4 is 17.2 Å². The fourth-order valence-corrected chi connectivity index (χ4v) is 4.43. The highest BCUT2D eigenvalue weighted by Crippen LogP contribution is 2.37. The lowest BCUT2D eigenvalue weighted by Gasteiger charge is -2.41. The quantitative estimate of drug-likeness (QED) is 0.928. The Bertz CT molecular complexity index is 494. The minimum absolute atomic E-state index is 0.0381. The topological polar surface area (TPSA) is 35.6 Å². The van der Waals surface area contributed by atoms with Gasteiger partial charge in [-0.15, -0.1) is 0 Å². The zero-order valence-corrected chi connectivity index (χ0v) is 13.9. The molecule has 5 heteroatoms. The van der Waals surface area contributed by atoms with Crippen molar-refractivity contribution in [2.24, 2.45) is 0 Å². The molecule has 1 saturated heterocycles. The van der Waals surface area contributed by atoms with Gasteiger partial charge in [0.15, 0.2) is 0 Å². The third kappa shape index (κ3) is 2.62. The van der Waals surface area contributed by atoms with Crippen molar-refractivity contribution in [3.05, 3.63) is 22.4 Å². The summed E-state index contributed by atoms with van der Waals surface area (Å²) in [5.41, 5.74) is 1.36. The second-order valence-corrected chi connectivity index (χ2v) is 7.42. The van der Waals surface area contributed by atoms with Gasteiger partial charge in [0, 0.05) is 12.1 Å². The zero-order chi connectivity index (χ0) is 15.0. The molecule has 1 aliphatic carbocycles. The van der Waals surface area contributed by atoms with Crippen LogP contribution < -0.4 is 5.32 Å². The van der Waals surface area contributed by atoms with Crippen LogP contribution in [0.2, 0.25) is 0 Å². The first-order valence-corrected chi connectivity index (χ1v) is 8.74. The monoisotopic (exact) mass is 307 g/mol. The minimum atomic E-state index is -0.0875. The van der Waals surface area contributed by atoms with Gasteiger partial charge in [-0.1, -0.05) is 12.8 Å². The van der Waals surface area contributed by atoms with Crippen LogP contribution in [0.25, 0.3) is 0 Å². The lowest BCUT2D eigenvalue weighted by atomic mass is 9.94. The number of rotatable bonds is 4. The Kier molecular flexibility index (Phi) is 4.08. The Morgan fingerprint density at radius 3 is 2.71 bits per heavy atom. The molecule has 1 N–H and O–H groups in total. The lowest BCUT2D eigenvalue weighted by molar-refractivity contribution is -0.131. The molecule has 116 valence electrons. The molecule has 2 heterocycles. The average Bonchev–Trinajstić information content (AvgIpc) is 3.16. The van der Waals surface area contributed by atoms with Crippen LogP contribution in [0.3, 0.4) is 0 Å². The maximum atomic E-state index is 12.6. The Balaban J connectivity index is 1.85. The summed E-state index contributed by atoms with van der Waals surface area (Å²) in [5, 5.41) is 7.68. The van der Waals surface area contributed by atoms with E-state index in [2.05, 4.69) is 46.0 Å². The summed E-state index contributed by atoms with van der Waals surface area (Å²) in [5.74, 6) is 0.235. The van der Waals surface area contributed by atoms with Gasteiger partial charge in [-0.05, 0) is 56.3 Å². The van der Waals surface area contributed by atoms with Gasteiger partial charge in [-0.2, -0.15) is 11.3 Å². The second kappa shape index (κ2) is 5.71. The van der Waals surface area contributed by atoms with E-state index in [0.29, 0.717) is 0 Å². The summed E-state index contributed by atoms with van der Waals surface area (Å²) in [6.07, 6.45) is 4.96. The molecule has 21 heavy (non-hydrogen) atoms. The van der Waals surface area contributed by atoms with Crippen molar-refractivity contribution in [3.8, 4) is 0 Å². The molecule has 2 aliphatic rings. The summed E-state index contributed by atoms with van der Waals surface area (Å²) >= 11 is 1.69. The van der Waals surface area contributed by atoms with E-state index in [1.54, 1.807) is 11.3 Å². The zero-order valence-electron chi connectivity index (χ0n) is 13.1. The molecule has 2 atom stereocenters. The van der Waals surface area contributed by atoms with Crippen LogP contribution in [0, 0.1) is 0 Å². The number of hydrogen-bond acceptors (Lipinski definition) is 4. The summed E-state index contributed by atoms with van der Waals surface area (Å²) in [6, 6.07) is 2.04. The third-order valence-electron chi connectivity index (χ3n) is 5.18. The van der Waals surface area contributed by atoms with Gasteiger partial charge in [-0.3, -0.25) is 10.1 Å². The fraction of sp³-hybridized carbons (Fsp3) is 0.688. The molecule has 3 rings (SSSR count). The molecule has 1 aromatic heterocycles. The third-order valence-corrected chi connectivity index (χ3v) is 5.88. The number of carbonyl (C=O) groups excluding carboxylic acids is 1. The number of amides is 1. The molecule has 1 saturated carbocycles. The van der Waals surface area contributed by atoms with Crippen LogP contribution >= 0.6 is 11.3 Å². The average molecular weight is 307 g/mol.